The van der Waals surface area contributed by atoms with E-state index in [2.05, 4.69) is 14.5 Å². The van der Waals surface area contributed by atoms with Crippen molar-refractivity contribution in [2.24, 2.45) is 5.73 Å². The summed E-state index contributed by atoms with van der Waals surface area (Å²) in [4.78, 5) is 16.8. The van der Waals surface area contributed by atoms with Gasteiger partial charge in [-0.1, -0.05) is 0 Å². The maximum absolute atomic E-state index is 12.1. The first-order chi connectivity index (χ1) is 11.3. The van der Waals surface area contributed by atoms with E-state index in [9.17, 15) is 13.2 Å². The van der Waals surface area contributed by atoms with Crippen molar-refractivity contribution in [3.8, 4) is 0 Å². The van der Waals surface area contributed by atoms with Crippen LogP contribution in [0.3, 0.4) is 0 Å². The summed E-state index contributed by atoms with van der Waals surface area (Å²) in [6, 6.07) is 0.484. The summed E-state index contributed by atoms with van der Waals surface area (Å²) in [5.74, 6) is -0.167. The van der Waals surface area contributed by atoms with Crippen LogP contribution in [0.15, 0.2) is 0 Å². The van der Waals surface area contributed by atoms with Crippen molar-refractivity contribution in [3.05, 3.63) is 0 Å². The maximum atomic E-state index is 12.1. The lowest BCUT2D eigenvalue weighted by atomic mass is 9.87. The van der Waals surface area contributed by atoms with Crippen LogP contribution in [0.2, 0.25) is 0 Å². The van der Waals surface area contributed by atoms with Crippen LogP contribution in [0.25, 0.3) is 0 Å². The van der Waals surface area contributed by atoms with Crippen molar-refractivity contribution in [1.29, 1.82) is 0 Å². The zero-order valence-corrected chi connectivity index (χ0v) is 15.4. The van der Waals surface area contributed by atoms with Gasteiger partial charge in [0.05, 0.1) is 6.26 Å². The molecule has 0 spiro atoms. The standard InChI is InChI=1S/C16H30N4O3S/c1-24(22,23)18-13-4-3-9-19(12-13)10-11-20-14-5-2-7-16(20,8-6-14)15(17)21/h13-14,18H,2-12H2,1H3,(H2,17,21)/t13?,14-,16+/m1/s1. The number of piperidine rings is 2. The zero-order valence-electron chi connectivity index (χ0n) is 14.5. The topological polar surface area (TPSA) is 95.7 Å². The lowest BCUT2D eigenvalue weighted by molar-refractivity contribution is -0.131. The molecular formula is C16H30N4O3S. The van der Waals surface area contributed by atoms with E-state index in [4.69, 9.17) is 5.73 Å². The zero-order chi connectivity index (χ0) is 17.4. The first-order valence-electron chi connectivity index (χ1n) is 9.06. The lowest BCUT2D eigenvalue weighted by Crippen LogP contribution is -2.59. The molecule has 0 aromatic rings. The third kappa shape index (κ3) is 3.76. The van der Waals surface area contributed by atoms with E-state index >= 15 is 0 Å². The molecule has 8 heteroatoms. The second-order valence-corrected chi connectivity index (χ2v) is 9.48. The largest absolute Gasteiger partial charge is 0.368 e. The molecule has 1 unspecified atom stereocenters. The van der Waals surface area contributed by atoms with Crippen LogP contribution >= 0.6 is 0 Å². The highest BCUT2D eigenvalue weighted by molar-refractivity contribution is 7.88. The Kier molecular flexibility index (Phi) is 5.20. The number of likely N-dealkylation sites (tertiary alicyclic amines) is 1. The normalized spacial score (nSPS) is 35.2. The van der Waals surface area contributed by atoms with Gasteiger partial charge in [0.25, 0.3) is 0 Å². The summed E-state index contributed by atoms with van der Waals surface area (Å²) in [6.07, 6.45) is 8.21. The fourth-order valence-electron chi connectivity index (χ4n) is 4.94. The van der Waals surface area contributed by atoms with Crippen molar-refractivity contribution in [1.82, 2.24) is 14.5 Å². The molecule has 3 aliphatic rings. The number of hydrogen-bond acceptors (Lipinski definition) is 5. The Morgan fingerprint density at radius 3 is 2.71 bits per heavy atom. The number of nitrogens with zero attached hydrogens (tertiary/aromatic N) is 2. The Labute approximate surface area is 145 Å². The first-order valence-corrected chi connectivity index (χ1v) is 11.0. The van der Waals surface area contributed by atoms with E-state index < -0.39 is 15.6 Å². The summed E-state index contributed by atoms with van der Waals surface area (Å²) in [6.45, 7) is 3.45. The van der Waals surface area contributed by atoms with E-state index in [1.165, 1.54) is 6.26 Å². The van der Waals surface area contributed by atoms with Crippen LogP contribution in [-0.2, 0) is 14.8 Å². The number of carbonyl (C=O) groups excluding carboxylic acids is 1. The molecule has 0 aromatic carbocycles. The molecule has 0 radical (unpaired) electrons. The first kappa shape index (κ1) is 18.1. The van der Waals surface area contributed by atoms with E-state index in [0.717, 1.165) is 71.1 Å². The Bertz CT molecular complexity index is 578. The van der Waals surface area contributed by atoms with Gasteiger partial charge in [-0.05, 0) is 51.5 Å². The quantitative estimate of drug-likeness (QED) is 0.690. The fourth-order valence-corrected chi connectivity index (χ4v) is 5.74. The van der Waals surface area contributed by atoms with Crippen molar-refractivity contribution in [2.75, 3.05) is 32.4 Å². The number of amides is 1. The van der Waals surface area contributed by atoms with Gasteiger partial charge in [-0.3, -0.25) is 9.69 Å². The lowest BCUT2D eigenvalue weighted by Gasteiger charge is -2.44. The Hall–Kier alpha value is -0.700. The van der Waals surface area contributed by atoms with Crippen molar-refractivity contribution in [3.63, 3.8) is 0 Å². The number of hydrogen-bond donors (Lipinski definition) is 2. The molecule has 0 aromatic heterocycles. The number of carbonyl (C=O) groups is 1. The van der Waals surface area contributed by atoms with Crippen LogP contribution in [0.4, 0.5) is 0 Å². The van der Waals surface area contributed by atoms with Gasteiger partial charge >= 0.3 is 0 Å². The van der Waals surface area contributed by atoms with Crippen molar-refractivity contribution in [2.45, 2.75) is 62.6 Å². The van der Waals surface area contributed by atoms with Crippen LogP contribution in [0.5, 0.6) is 0 Å². The highest BCUT2D eigenvalue weighted by Crippen LogP contribution is 2.43. The molecule has 24 heavy (non-hydrogen) atoms. The summed E-state index contributed by atoms with van der Waals surface area (Å²) in [5.41, 5.74) is 5.33. The van der Waals surface area contributed by atoms with Crippen molar-refractivity contribution < 1.29 is 13.2 Å². The van der Waals surface area contributed by atoms with Gasteiger partial charge in [0.1, 0.15) is 5.54 Å². The number of nitrogens with two attached hydrogens (primary N) is 1. The fraction of sp³-hybridized carbons (Fsp3) is 0.938. The Morgan fingerprint density at radius 2 is 2.00 bits per heavy atom. The molecule has 3 heterocycles. The van der Waals surface area contributed by atoms with Gasteiger partial charge in [-0.25, -0.2) is 13.1 Å². The molecule has 3 fully saturated rings. The van der Waals surface area contributed by atoms with E-state index in [0.29, 0.717) is 6.04 Å². The molecule has 7 nitrogen and oxygen atoms in total. The number of rotatable bonds is 6. The number of primary amides is 1. The molecule has 138 valence electrons. The van der Waals surface area contributed by atoms with Gasteiger partial charge < -0.3 is 10.6 Å². The number of nitrogens with one attached hydrogen (secondary N) is 1. The van der Waals surface area contributed by atoms with Gasteiger partial charge in [0.15, 0.2) is 0 Å². The van der Waals surface area contributed by atoms with Crippen molar-refractivity contribution >= 4 is 15.9 Å². The van der Waals surface area contributed by atoms with Gasteiger partial charge in [0, 0.05) is 31.7 Å². The second-order valence-electron chi connectivity index (χ2n) is 7.70. The molecule has 3 aliphatic heterocycles. The number of fused-ring (bicyclic) bond motifs is 2. The average Bonchev–Trinajstić information content (AvgIpc) is 2.69. The SMILES string of the molecule is CS(=O)(=O)NC1CCCN(CCN2[C@@H]3CCC[C@@]2(C(N)=O)CC3)C1. The molecule has 3 N–H and O–H groups in total. The van der Waals surface area contributed by atoms with Gasteiger partial charge in [0.2, 0.25) is 15.9 Å². The Balaban J connectivity index is 1.58. The molecule has 0 saturated carbocycles. The van der Waals surface area contributed by atoms with Crippen LogP contribution < -0.4 is 10.5 Å². The van der Waals surface area contributed by atoms with Crippen LogP contribution in [0, 0.1) is 0 Å². The molecule has 3 rings (SSSR count). The molecule has 1 amide bonds. The molecule has 0 aliphatic carbocycles. The smallest absolute Gasteiger partial charge is 0.237 e. The molecule has 3 atom stereocenters. The second kappa shape index (κ2) is 6.90. The molecule has 2 bridgehead atoms. The van der Waals surface area contributed by atoms with E-state index in [1.54, 1.807) is 0 Å². The van der Waals surface area contributed by atoms with E-state index in [1.807, 2.05) is 0 Å². The summed E-state index contributed by atoms with van der Waals surface area (Å²) >= 11 is 0. The van der Waals surface area contributed by atoms with Crippen LogP contribution in [0.1, 0.15) is 44.9 Å². The minimum Gasteiger partial charge on any atom is -0.368 e. The minimum absolute atomic E-state index is 0.00284. The third-order valence-electron chi connectivity index (χ3n) is 6.01. The predicted molar refractivity (Wildman–Crippen MR) is 92.9 cm³/mol. The summed E-state index contributed by atoms with van der Waals surface area (Å²) < 4.78 is 25.6. The van der Waals surface area contributed by atoms with Crippen LogP contribution in [-0.4, -0.2) is 74.2 Å². The monoisotopic (exact) mass is 358 g/mol. The predicted octanol–water partition coefficient (Wildman–Crippen LogP) is -0.128. The van der Waals surface area contributed by atoms with E-state index in [-0.39, 0.29) is 11.9 Å². The Morgan fingerprint density at radius 1 is 1.21 bits per heavy atom. The highest BCUT2D eigenvalue weighted by Gasteiger charge is 2.52. The molecular weight excluding hydrogens is 328 g/mol. The summed E-state index contributed by atoms with van der Waals surface area (Å²) in [5, 5.41) is 0. The highest BCUT2D eigenvalue weighted by atomic mass is 32.2. The number of sulfonamides is 1. The van der Waals surface area contributed by atoms with Gasteiger partial charge in [-0.2, -0.15) is 0 Å². The third-order valence-corrected chi connectivity index (χ3v) is 6.77. The minimum atomic E-state index is -3.16. The summed E-state index contributed by atoms with van der Waals surface area (Å²) in [7, 11) is -3.16. The average molecular weight is 359 g/mol. The van der Waals surface area contributed by atoms with Gasteiger partial charge in [-0.15, -0.1) is 0 Å². The maximum Gasteiger partial charge on any atom is 0.237 e. The molecule has 3 saturated heterocycles.